The zero-order valence-electron chi connectivity index (χ0n) is 14.4. The van der Waals surface area contributed by atoms with Crippen LogP contribution in [0.3, 0.4) is 0 Å². The minimum absolute atomic E-state index is 0.0572. The Morgan fingerprint density at radius 1 is 1.15 bits per heavy atom. The van der Waals surface area contributed by atoms with Gasteiger partial charge in [-0.25, -0.2) is 14.0 Å². The maximum absolute atomic E-state index is 13.7. The highest BCUT2D eigenvalue weighted by Gasteiger charge is 2.08. The first kappa shape index (κ1) is 22.1. The summed E-state index contributed by atoms with van der Waals surface area (Å²) in [5.74, 6) is -2.81. The number of hydrogen-bond acceptors (Lipinski definition) is 3. The third-order valence-electron chi connectivity index (χ3n) is 3.40. The molecule has 0 aromatic heterocycles. The molecule has 0 amide bonds. The summed E-state index contributed by atoms with van der Waals surface area (Å²) in [5, 5.41) is 17.0. The molecular weight excluding hydrogens is 373 g/mol. The van der Waals surface area contributed by atoms with Crippen molar-refractivity contribution in [2.75, 3.05) is 0 Å². The van der Waals surface area contributed by atoms with E-state index >= 15 is 0 Å². The Morgan fingerprint density at radius 2 is 1.81 bits per heavy atom. The Hall–Kier alpha value is -2.96. The van der Waals surface area contributed by atoms with E-state index in [0.717, 1.165) is 11.1 Å². The van der Waals surface area contributed by atoms with Crippen molar-refractivity contribution in [3.05, 3.63) is 83.2 Å². The van der Waals surface area contributed by atoms with Crippen LogP contribution < -0.4 is 5.73 Å². The van der Waals surface area contributed by atoms with Gasteiger partial charge >= 0.3 is 11.9 Å². The summed E-state index contributed by atoms with van der Waals surface area (Å²) in [5.41, 5.74) is 7.72. The van der Waals surface area contributed by atoms with Gasteiger partial charge in [0.2, 0.25) is 0 Å². The van der Waals surface area contributed by atoms with E-state index in [4.69, 9.17) is 27.5 Å². The van der Waals surface area contributed by atoms with Crippen LogP contribution >= 0.6 is 11.6 Å². The van der Waals surface area contributed by atoms with Crippen LogP contribution in [0.2, 0.25) is 5.02 Å². The van der Waals surface area contributed by atoms with Crippen LogP contribution in [0.25, 0.3) is 11.1 Å². The molecule has 5 nitrogen and oxygen atoms in total. The van der Waals surface area contributed by atoms with Gasteiger partial charge in [-0.15, -0.1) is 6.58 Å². The molecule has 0 radical (unpaired) electrons. The Bertz CT molecular complexity index is 865. The molecule has 2 aromatic rings. The summed E-state index contributed by atoms with van der Waals surface area (Å²) in [6.45, 7) is 3.68. The van der Waals surface area contributed by atoms with Crippen molar-refractivity contribution in [3.8, 4) is 11.1 Å². The summed E-state index contributed by atoms with van der Waals surface area (Å²) in [7, 11) is 0. The van der Waals surface area contributed by atoms with Crippen LogP contribution in [0.5, 0.6) is 0 Å². The van der Waals surface area contributed by atoms with Gasteiger partial charge in [-0.1, -0.05) is 41.9 Å². The summed E-state index contributed by atoms with van der Waals surface area (Å²) < 4.78 is 13.7. The topological polar surface area (TPSA) is 101 Å². The van der Waals surface area contributed by atoms with E-state index in [0.29, 0.717) is 23.2 Å². The molecule has 0 heterocycles. The number of halogens is 2. The van der Waals surface area contributed by atoms with Crippen LogP contribution in [0, 0.1) is 5.82 Å². The van der Waals surface area contributed by atoms with Crippen LogP contribution in [-0.4, -0.2) is 22.2 Å². The molecule has 2 rings (SSSR count). The van der Waals surface area contributed by atoms with Crippen LogP contribution in [0.15, 0.2) is 66.8 Å². The predicted octanol–water partition coefficient (Wildman–Crippen LogP) is 4.26. The number of carboxylic acids is 2. The first-order valence-corrected chi connectivity index (χ1v) is 8.19. The molecule has 0 saturated carbocycles. The lowest BCUT2D eigenvalue weighted by Crippen LogP contribution is -2.02. The highest BCUT2D eigenvalue weighted by Crippen LogP contribution is 2.27. The van der Waals surface area contributed by atoms with E-state index < -0.39 is 11.9 Å². The number of hydrogen-bond donors (Lipinski definition) is 3. The third kappa shape index (κ3) is 7.05. The number of allylic oxidation sites excluding steroid dienone is 1. The van der Waals surface area contributed by atoms with E-state index in [9.17, 15) is 14.0 Å². The number of nitrogens with two attached hydrogens (primary N) is 1. The van der Waals surface area contributed by atoms with Gasteiger partial charge in [0, 0.05) is 28.8 Å². The molecule has 4 N–H and O–H groups in total. The molecule has 0 aliphatic carbocycles. The monoisotopic (exact) mass is 391 g/mol. The zero-order chi connectivity index (χ0) is 20.4. The molecule has 7 heteroatoms. The molecule has 0 bridgehead atoms. The van der Waals surface area contributed by atoms with Crippen molar-refractivity contribution in [1.82, 2.24) is 0 Å². The van der Waals surface area contributed by atoms with Gasteiger partial charge in [0.25, 0.3) is 0 Å². The molecule has 0 unspecified atom stereocenters. The average Bonchev–Trinajstić information content (AvgIpc) is 2.61. The van der Waals surface area contributed by atoms with Gasteiger partial charge < -0.3 is 15.9 Å². The van der Waals surface area contributed by atoms with Gasteiger partial charge in [0.05, 0.1) is 0 Å². The van der Waals surface area contributed by atoms with Gasteiger partial charge in [-0.3, -0.25) is 0 Å². The highest BCUT2D eigenvalue weighted by atomic mass is 35.5. The number of benzene rings is 2. The number of carboxylic acid groups (broad SMARTS) is 2. The fourth-order valence-electron chi connectivity index (χ4n) is 2.18. The average molecular weight is 392 g/mol. The molecule has 0 atom stereocenters. The quantitative estimate of drug-likeness (QED) is 0.504. The van der Waals surface area contributed by atoms with Crippen molar-refractivity contribution in [2.24, 2.45) is 5.73 Å². The van der Waals surface area contributed by atoms with Gasteiger partial charge in [-0.05, 0) is 35.7 Å². The molecule has 0 saturated heterocycles. The van der Waals surface area contributed by atoms with E-state index in [1.54, 1.807) is 12.1 Å². The molecule has 142 valence electrons. The van der Waals surface area contributed by atoms with E-state index in [1.807, 2.05) is 24.3 Å². The molecule has 27 heavy (non-hydrogen) atoms. The molecule has 0 aliphatic heterocycles. The number of aliphatic carboxylic acids is 2. The van der Waals surface area contributed by atoms with Gasteiger partial charge in [-0.2, -0.15) is 0 Å². The summed E-state index contributed by atoms with van der Waals surface area (Å²) in [6, 6.07) is 12.2. The Labute approximate surface area is 161 Å². The molecular formula is C20H19ClFNO4. The van der Waals surface area contributed by atoms with Crippen molar-refractivity contribution in [2.45, 2.75) is 13.0 Å². The lowest BCUT2D eigenvalue weighted by molar-refractivity contribution is -0.135. The minimum atomic E-state index is -1.26. The Kier molecular flexibility index (Phi) is 8.92. The third-order valence-corrected chi connectivity index (χ3v) is 3.63. The van der Waals surface area contributed by atoms with Crippen LogP contribution in [-0.2, 0) is 16.1 Å². The molecule has 0 spiro atoms. The maximum atomic E-state index is 13.7. The largest absolute Gasteiger partial charge is 0.478 e. The van der Waals surface area contributed by atoms with Crippen molar-refractivity contribution < 1.29 is 24.2 Å². The number of rotatable bonds is 6. The second-order valence-corrected chi connectivity index (χ2v) is 5.73. The van der Waals surface area contributed by atoms with Crippen molar-refractivity contribution >= 4 is 23.5 Å². The van der Waals surface area contributed by atoms with E-state index in [-0.39, 0.29) is 17.8 Å². The summed E-state index contributed by atoms with van der Waals surface area (Å²) >= 11 is 5.71. The molecule has 2 aromatic carbocycles. The lowest BCUT2D eigenvalue weighted by Gasteiger charge is -2.08. The maximum Gasteiger partial charge on any atom is 0.332 e. The zero-order valence-corrected chi connectivity index (χ0v) is 15.1. The van der Waals surface area contributed by atoms with Gasteiger partial charge in [0.15, 0.2) is 0 Å². The van der Waals surface area contributed by atoms with E-state index in [1.165, 1.54) is 12.1 Å². The predicted molar refractivity (Wildman–Crippen MR) is 103 cm³/mol. The SMILES string of the molecule is C=CC/C(=C\C(=O)O)C(=O)O.NCc1ccccc1-c1ccc(Cl)cc1F. The minimum Gasteiger partial charge on any atom is -0.478 e. The lowest BCUT2D eigenvalue weighted by atomic mass is 9.99. The second-order valence-electron chi connectivity index (χ2n) is 5.29. The van der Waals surface area contributed by atoms with Gasteiger partial charge in [0.1, 0.15) is 5.82 Å². The highest BCUT2D eigenvalue weighted by molar-refractivity contribution is 6.30. The standard InChI is InChI=1S/C13H11ClFN.C7H8O4/c14-10-5-6-12(13(15)7-10)11-4-2-1-3-9(11)8-16;1-2-3-5(7(10)11)4-6(8)9/h1-7H,8,16H2;2,4H,1,3H2,(H,8,9)(H,10,11)/b;5-4+. The summed E-state index contributed by atoms with van der Waals surface area (Å²) in [6.07, 6.45) is 2.05. The van der Waals surface area contributed by atoms with Crippen LogP contribution in [0.4, 0.5) is 4.39 Å². The fraction of sp³-hybridized carbons (Fsp3) is 0.100. The van der Waals surface area contributed by atoms with Crippen molar-refractivity contribution in [3.63, 3.8) is 0 Å². The summed E-state index contributed by atoms with van der Waals surface area (Å²) in [4.78, 5) is 20.3. The Balaban J connectivity index is 0.000000293. The first-order valence-electron chi connectivity index (χ1n) is 7.81. The fourth-order valence-corrected chi connectivity index (χ4v) is 2.34. The van der Waals surface area contributed by atoms with E-state index in [2.05, 4.69) is 6.58 Å². The second kappa shape index (κ2) is 10.9. The normalized spacial score (nSPS) is 10.6. The van der Waals surface area contributed by atoms with Crippen LogP contribution in [0.1, 0.15) is 12.0 Å². The molecule has 0 aliphatic rings. The smallest absolute Gasteiger partial charge is 0.332 e. The molecule has 0 fully saturated rings. The van der Waals surface area contributed by atoms with Crippen molar-refractivity contribution in [1.29, 1.82) is 0 Å². The first-order chi connectivity index (χ1) is 12.8. The number of carbonyl (C=O) groups is 2. The Morgan fingerprint density at radius 3 is 2.33 bits per heavy atom.